The molecule has 2 rings (SSSR count). The maximum absolute atomic E-state index is 5.33. The molecule has 0 spiro atoms. The van der Waals surface area contributed by atoms with Gasteiger partial charge in [0.25, 0.3) is 0 Å². The largest absolute Gasteiger partial charge is 0.461 e. The van der Waals surface area contributed by atoms with E-state index in [0.717, 1.165) is 11.3 Å². The molecular formula is C11H10NO. The molecule has 1 aliphatic heterocycles. The highest BCUT2D eigenvalue weighted by Crippen LogP contribution is 2.20. The van der Waals surface area contributed by atoms with Gasteiger partial charge in [-0.3, -0.25) is 5.32 Å². The highest BCUT2D eigenvalue weighted by Gasteiger charge is 2.06. The van der Waals surface area contributed by atoms with Crippen LogP contribution in [0.4, 0.5) is 0 Å². The quantitative estimate of drug-likeness (QED) is 0.638. The molecule has 2 nitrogen and oxygen atoms in total. The molecule has 13 heavy (non-hydrogen) atoms. The molecule has 1 aromatic carbocycles. The van der Waals surface area contributed by atoms with Gasteiger partial charge in [0.2, 0.25) is 0 Å². The molecule has 1 aromatic rings. The molecule has 0 atom stereocenters. The first-order valence-electron chi connectivity index (χ1n) is 4.16. The number of aryl methyl sites for hydroxylation is 1. The van der Waals surface area contributed by atoms with Crippen LogP contribution in [0, 0.1) is 6.92 Å². The highest BCUT2D eigenvalue weighted by atomic mass is 16.5. The first-order chi connectivity index (χ1) is 6.38. The monoisotopic (exact) mass is 172 g/mol. The van der Waals surface area contributed by atoms with E-state index in [4.69, 9.17) is 4.74 Å². The molecule has 0 fully saturated rings. The van der Waals surface area contributed by atoms with E-state index >= 15 is 0 Å². The van der Waals surface area contributed by atoms with Crippen LogP contribution >= 0.6 is 0 Å². The lowest BCUT2D eigenvalue weighted by Crippen LogP contribution is -1.98. The molecule has 65 valence electrons. The second-order valence-electron chi connectivity index (χ2n) is 2.86. The predicted octanol–water partition coefficient (Wildman–Crippen LogP) is 2.40. The smallest absolute Gasteiger partial charge is 0.152 e. The van der Waals surface area contributed by atoms with Gasteiger partial charge in [-0.25, -0.2) is 0 Å². The lowest BCUT2D eigenvalue weighted by Gasteiger charge is -2.11. The van der Waals surface area contributed by atoms with E-state index in [9.17, 15) is 0 Å². The molecule has 2 heteroatoms. The Morgan fingerprint density at radius 2 is 2.08 bits per heavy atom. The summed E-state index contributed by atoms with van der Waals surface area (Å²) in [6.45, 7) is 2.05. The lowest BCUT2D eigenvalue weighted by molar-refractivity contribution is 0.423. The first kappa shape index (κ1) is 7.92. The summed E-state index contributed by atoms with van der Waals surface area (Å²) in [5.74, 6) is 0.806. The summed E-state index contributed by atoms with van der Waals surface area (Å²) < 4.78 is 5.33. The molecule has 0 bridgehead atoms. The highest BCUT2D eigenvalue weighted by molar-refractivity contribution is 5.63. The van der Waals surface area contributed by atoms with Gasteiger partial charge in [0.1, 0.15) is 6.26 Å². The summed E-state index contributed by atoms with van der Waals surface area (Å²) in [7, 11) is 0. The van der Waals surface area contributed by atoms with Crippen LogP contribution in [-0.4, -0.2) is 0 Å². The number of rotatable bonds is 1. The van der Waals surface area contributed by atoms with Crippen molar-refractivity contribution in [1.29, 1.82) is 0 Å². The first-order valence-corrected chi connectivity index (χ1v) is 4.16. The van der Waals surface area contributed by atoms with Crippen molar-refractivity contribution in [1.82, 2.24) is 5.32 Å². The summed E-state index contributed by atoms with van der Waals surface area (Å²) in [5.41, 5.74) is 2.29. The van der Waals surface area contributed by atoms with Gasteiger partial charge in [0.05, 0.1) is 12.4 Å². The predicted molar refractivity (Wildman–Crippen MR) is 51.5 cm³/mol. The van der Waals surface area contributed by atoms with Crippen LogP contribution in [0.3, 0.4) is 0 Å². The molecule has 0 aromatic heterocycles. The molecule has 0 aliphatic carbocycles. The van der Waals surface area contributed by atoms with E-state index in [2.05, 4.69) is 18.3 Å². The van der Waals surface area contributed by atoms with Gasteiger partial charge < -0.3 is 4.74 Å². The number of benzene rings is 1. The summed E-state index contributed by atoms with van der Waals surface area (Å²) in [6.07, 6.45) is 4.94. The third-order valence-corrected chi connectivity index (χ3v) is 1.94. The summed E-state index contributed by atoms with van der Waals surface area (Å²) in [5, 5.41) is 4.01. The average Bonchev–Trinajstić information content (AvgIpc) is 2.20. The van der Waals surface area contributed by atoms with E-state index in [1.54, 1.807) is 18.7 Å². The van der Waals surface area contributed by atoms with Gasteiger partial charge in [-0.2, -0.15) is 0 Å². The van der Waals surface area contributed by atoms with Crippen molar-refractivity contribution in [3.05, 3.63) is 54.1 Å². The van der Waals surface area contributed by atoms with Gasteiger partial charge in [0.15, 0.2) is 5.76 Å². The Morgan fingerprint density at radius 1 is 1.23 bits per heavy atom. The maximum atomic E-state index is 5.33. The molecule has 1 radical (unpaired) electrons. The number of hydrogen-bond donors (Lipinski definition) is 0. The van der Waals surface area contributed by atoms with E-state index in [1.807, 2.05) is 18.2 Å². The normalized spacial score (nSPS) is 14.4. The van der Waals surface area contributed by atoms with Crippen molar-refractivity contribution in [2.75, 3.05) is 0 Å². The summed E-state index contributed by atoms with van der Waals surface area (Å²) >= 11 is 0. The van der Waals surface area contributed by atoms with Gasteiger partial charge in [-0.05, 0) is 12.5 Å². The van der Waals surface area contributed by atoms with Crippen molar-refractivity contribution in [3.63, 3.8) is 0 Å². The van der Waals surface area contributed by atoms with Crippen molar-refractivity contribution in [3.8, 4) is 0 Å². The minimum absolute atomic E-state index is 0.806. The average molecular weight is 172 g/mol. The Bertz CT molecular complexity index is 366. The summed E-state index contributed by atoms with van der Waals surface area (Å²) in [4.78, 5) is 0. The van der Waals surface area contributed by atoms with Crippen LogP contribution < -0.4 is 5.32 Å². The SMILES string of the molecule is Cc1ccccc1C1=C[N]C=CO1. The van der Waals surface area contributed by atoms with Crippen LogP contribution in [0.15, 0.2) is 42.9 Å². The van der Waals surface area contributed by atoms with Crippen molar-refractivity contribution < 1.29 is 4.74 Å². The van der Waals surface area contributed by atoms with Gasteiger partial charge >= 0.3 is 0 Å². The molecule has 1 aliphatic rings. The maximum Gasteiger partial charge on any atom is 0.152 e. The van der Waals surface area contributed by atoms with E-state index in [0.29, 0.717) is 0 Å². The lowest BCUT2D eigenvalue weighted by atomic mass is 10.1. The topological polar surface area (TPSA) is 23.3 Å². The molecule has 1 heterocycles. The Hall–Kier alpha value is -1.70. The molecular weight excluding hydrogens is 162 g/mol. The fourth-order valence-electron chi connectivity index (χ4n) is 1.26. The van der Waals surface area contributed by atoms with Crippen LogP contribution in [0.1, 0.15) is 11.1 Å². The second-order valence-corrected chi connectivity index (χ2v) is 2.86. The minimum atomic E-state index is 0.806. The Labute approximate surface area is 77.5 Å². The zero-order chi connectivity index (χ0) is 9.10. The Kier molecular flexibility index (Phi) is 2.04. The zero-order valence-corrected chi connectivity index (χ0v) is 7.40. The zero-order valence-electron chi connectivity index (χ0n) is 7.40. The Balaban J connectivity index is 2.35. The van der Waals surface area contributed by atoms with Gasteiger partial charge in [-0.1, -0.05) is 24.3 Å². The number of hydrogen-bond acceptors (Lipinski definition) is 1. The van der Waals surface area contributed by atoms with E-state index < -0.39 is 0 Å². The molecule has 0 saturated carbocycles. The van der Waals surface area contributed by atoms with Crippen LogP contribution in [0.25, 0.3) is 5.76 Å². The van der Waals surface area contributed by atoms with Crippen LogP contribution in [0.5, 0.6) is 0 Å². The number of nitrogens with zero attached hydrogens (tertiary/aromatic N) is 1. The molecule has 0 amide bonds. The van der Waals surface area contributed by atoms with Crippen molar-refractivity contribution >= 4 is 5.76 Å². The third kappa shape index (κ3) is 1.56. The van der Waals surface area contributed by atoms with Crippen LogP contribution in [-0.2, 0) is 4.74 Å². The fraction of sp³-hybridized carbons (Fsp3) is 0.0909. The van der Waals surface area contributed by atoms with Gasteiger partial charge in [0, 0.05) is 5.56 Å². The fourth-order valence-corrected chi connectivity index (χ4v) is 1.26. The molecule has 0 N–H and O–H groups in total. The van der Waals surface area contributed by atoms with Crippen LogP contribution in [0.2, 0.25) is 0 Å². The Morgan fingerprint density at radius 3 is 2.77 bits per heavy atom. The minimum Gasteiger partial charge on any atom is -0.461 e. The number of ether oxygens (including phenoxy) is 1. The standard InChI is InChI=1S/C11H10NO/c1-9-4-2-3-5-10(9)11-8-12-6-7-13-11/h2-8H,1H3. The second kappa shape index (κ2) is 3.35. The third-order valence-electron chi connectivity index (χ3n) is 1.94. The van der Waals surface area contributed by atoms with Crippen molar-refractivity contribution in [2.24, 2.45) is 0 Å². The van der Waals surface area contributed by atoms with E-state index in [1.165, 1.54) is 5.56 Å². The van der Waals surface area contributed by atoms with E-state index in [-0.39, 0.29) is 0 Å². The van der Waals surface area contributed by atoms with Crippen molar-refractivity contribution in [2.45, 2.75) is 6.92 Å². The van der Waals surface area contributed by atoms with Gasteiger partial charge in [-0.15, -0.1) is 0 Å². The molecule has 0 saturated heterocycles. The summed E-state index contributed by atoms with van der Waals surface area (Å²) in [6, 6.07) is 8.08. The molecule has 0 unspecified atom stereocenters.